The van der Waals surface area contributed by atoms with Crippen LogP contribution < -0.4 is 4.74 Å². The van der Waals surface area contributed by atoms with Crippen LogP contribution in [0.2, 0.25) is 0 Å². The zero-order valence-electron chi connectivity index (χ0n) is 12.3. The van der Waals surface area contributed by atoms with Gasteiger partial charge in [0.25, 0.3) is 0 Å². The average Bonchev–Trinajstić information content (AvgIpc) is 2.94. The van der Waals surface area contributed by atoms with Gasteiger partial charge in [-0.05, 0) is 44.0 Å². The van der Waals surface area contributed by atoms with Crippen molar-refractivity contribution in [1.29, 1.82) is 0 Å². The van der Waals surface area contributed by atoms with E-state index in [1.54, 1.807) is 7.11 Å². The second kappa shape index (κ2) is 5.18. The molecule has 21 heavy (non-hydrogen) atoms. The molecule has 1 aromatic heterocycles. The molecular weight excluding hydrogens is 286 g/mol. The Balaban J connectivity index is 1.87. The summed E-state index contributed by atoms with van der Waals surface area (Å²) >= 11 is 6.18. The quantitative estimate of drug-likeness (QED) is 0.817. The predicted molar refractivity (Wildman–Crippen MR) is 84.0 cm³/mol. The number of ether oxygens (including phenoxy) is 1. The number of piperidine rings is 3. The van der Waals surface area contributed by atoms with E-state index in [0.29, 0.717) is 11.9 Å². The number of aromatic nitrogens is 2. The van der Waals surface area contributed by atoms with Crippen LogP contribution in [0.25, 0.3) is 11.0 Å². The normalized spacial score (nSPS) is 28.2. The maximum atomic E-state index is 6.18. The Bertz CT molecular complexity index is 661. The van der Waals surface area contributed by atoms with Gasteiger partial charge in [-0.3, -0.25) is 0 Å². The molecule has 3 fully saturated rings. The Morgan fingerprint density at radius 3 is 2.76 bits per heavy atom. The summed E-state index contributed by atoms with van der Waals surface area (Å²) < 4.78 is 7.84. The van der Waals surface area contributed by atoms with E-state index in [-0.39, 0.29) is 0 Å². The molecule has 0 saturated carbocycles. The number of imidazole rings is 1. The van der Waals surface area contributed by atoms with Gasteiger partial charge in [0.2, 0.25) is 0 Å². The predicted octanol–water partition coefficient (Wildman–Crippen LogP) is 3.05. The SMILES string of the molecule is COc1cccc2c1nc(CCl)n2C1CN2CCC1CC2. The molecule has 3 aliphatic heterocycles. The molecule has 1 unspecified atom stereocenters. The molecule has 2 aromatic rings. The van der Waals surface area contributed by atoms with Crippen LogP contribution in [0.4, 0.5) is 0 Å². The lowest BCUT2D eigenvalue weighted by Crippen LogP contribution is -2.48. The molecule has 0 radical (unpaired) electrons. The van der Waals surface area contributed by atoms with Gasteiger partial charge < -0.3 is 14.2 Å². The Kier molecular flexibility index (Phi) is 3.31. The molecule has 4 nitrogen and oxygen atoms in total. The van der Waals surface area contributed by atoms with Crippen LogP contribution in [0, 0.1) is 5.92 Å². The van der Waals surface area contributed by atoms with E-state index in [1.807, 2.05) is 12.1 Å². The van der Waals surface area contributed by atoms with Crippen molar-refractivity contribution in [3.05, 3.63) is 24.0 Å². The van der Waals surface area contributed by atoms with E-state index in [4.69, 9.17) is 21.3 Å². The number of rotatable bonds is 3. The van der Waals surface area contributed by atoms with E-state index in [9.17, 15) is 0 Å². The fourth-order valence-corrected chi connectivity index (χ4v) is 4.18. The fraction of sp³-hybridized carbons (Fsp3) is 0.562. The van der Waals surface area contributed by atoms with Crippen LogP contribution in [0.5, 0.6) is 5.75 Å². The minimum absolute atomic E-state index is 0.445. The molecule has 5 heteroatoms. The van der Waals surface area contributed by atoms with E-state index in [0.717, 1.165) is 35.1 Å². The smallest absolute Gasteiger partial charge is 0.146 e. The van der Waals surface area contributed by atoms with Gasteiger partial charge in [-0.25, -0.2) is 4.98 Å². The minimum Gasteiger partial charge on any atom is -0.494 e. The van der Waals surface area contributed by atoms with Crippen LogP contribution in [-0.4, -0.2) is 41.2 Å². The second-order valence-corrected chi connectivity index (χ2v) is 6.33. The van der Waals surface area contributed by atoms with Gasteiger partial charge in [0.15, 0.2) is 0 Å². The van der Waals surface area contributed by atoms with Crippen LogP contribution in [0.3, 0.4) is 0 Å². The fourth-order valence-electron chi connectivity index (χ4n) is 3.99. The molecule has 0 amide bonds. The highest BCUT2D eigenvalue weighted by atomic mass is 35.5. The molecule has 3 saturated heterocycles. The van der Waals surface area contributed by atoms with E-state index in [1.165, 1.54) is 25.9 Å². The largest absolute Gasteiger partial charge is 0.494 e. The van der Waals surface area contributed by atoms with E-state index in [2.05, 4.69) is 15.5 Å². The topological polar surface area (TPSA) is 30.3 Å². The molecule has 0 spiro atoms. The van der Waals surface area contributed by atoms with Crippen molar-refractivity contribution in [1.82, 2.24) is 14.5 Å². The number of benzene rings is 1. The summed E-state index contributed by atoms with van der Waals surface area (Å²) in [6, 6.07) is 6.64. The van der Waals surface area contributed by atoms with Gasteiger partial charge >= 0.3 is 0 Å². The van der Waals surface area contributed by atoms with Gasteiger partial charge in [-0.2, -0.15) is 0 Å². The zero-order chi connectivity index (χ0) is 14.4. The third-order valence-electron chi connectivity index (χ3n) is 5.05. The Morgan fingerprint density at radius 2 is 2.14 bits per heavy atom. The highest BCUT2D eigenvalue weighted by Gasteiger charge is 2.36. The molecule has 112 valence electrons. The van der Waals surface area contributed by atoms with Crippen LogP contribution in [-0.2, 0) is 5.88 Å². The number of hydrogen-bond donors (Lipinski definition) is 0. The third-order valence-corrected chi connectivity index (χ3v) is 5.29. The number of hydrogen-bond acceptors (Lipinski definition) is 3. The lowest BCUT2D eigenvalue weighted by molar-refractivity contribution is 0.0578. The molecule has 3 aliphatic rings. The number of para-hydroxylation sites is 1. The van der Waals surface area contributed by atoms with Gasteiger partial charge in [-0.1, -0.05) is 6.07 Å². The van der Waals surface area contributed by atoms with Crippen molar-refractivity contribution in [2.75, 3.05) is 26.7 Å². The van der Waals surface area contributed by atoms with Crippen molar-refractivity contribution in [3.8, 4) is 5.75 Å². The molecule has 5 rings (SSSR count). The summed E-state index contributed by atoms with van der Waals surface area (Å²) in [5, 5.41) is 0. The molecule has 2 bridgehead atoms. The van der Waals surface area contributed by atoms with Crippen LogP contribution in [0.1, 0.15) is 24.7 Å². The first-order valence-corrected chi connectivity index (χ1v) is 8.17. The molecule has 0 N–H and O–H groups in total. The van der Waals surface area contributed by atoms with Gasteiger partial charge in [0.1, 0.15) is 17.1 Å². The average molecular weight is 306 g/mol. The van der Waals surface area contributed by atoms with Gasteiger partial charge in [0.05, 0.1) is 24.5 Å². The lowest BCUT2D eigenvalue weighted by atomic mass is 9.83. The Morgan fingerprint density at radius 1 is 1.33 bits per heavy atom. The monoisotopic (exact) mass is 305 g/mol. The van der Waals surface area contributed by atoms with Crippen molar-refractivity contribution in [2.24, 2.45) is 5.92 Å². The summed E-state index contributed by atoms with van der Waals surface area (Å²) in [5.74, 6) is 3.00. The number of nitrogens with zero attached hydrogens (tertiary/aromatic N) is 3. The molecule has 4 heterocycles. The number of methoxy groups -OCH3 is 1. The first-order chi connectivity index (χ1) is 10.3. The zero-order valence-corrected chi connectivity index (χ0v) is 13.0. The Hall–Kier alpha value is -1.26. The maximum absolute atomic E-state index is 6.18. The van der Waals surface area contributed by atoms with Gasteiger partial charge in [0, 0.05) is 6.54 Å². The summed E-state index contributed by atoms with van der Waals surface area (Å²) in [5.41, 5.74) is 2.09. The highest BCUT2D eigenvalue weighted by Crippen LogP contribution is 2.39. The molecule has 1 aromatic carbocycles. The van der Waals surface area contributed by atoms with Crippen molar-refractivity contribution in [3.63, 3.8) is 0 Å². The summed E-state index contributed by atoms with van der Waals surface area (Å²) in [4.78, 5) is 7.31. The number of halogens is 1. The molecule has 1 atom stereocenters. The van der Waals surface area contributed by atoms with Crippen molar-refractivity contribution in [2.45, 2.75) is 24.8 Å². The van der Waals surface area contributed by atoms with Crippen LogP contribution in [0.15, 0.2) is 18.2 Å². The van der Waals surface area contributed by atoms with Gasteiger partial charge in [-0.15, -0.1) is 11.6 Å². The first kappa shape index (κ1) is 13.4. The standard InChI is InChI=1S/C16H20ClN3O/c1-21-14-4-2-3-12-16(14)18-15(9-17)20(12)13-10-19-7-5-11(13)6-8-19/h2-4,11,13H,5-10H2,1H3. The number of fused-ring (bicyclic) bond motifs is 4. The maximum Gasteiger partial charge on any atom is 0.146 e. The Labute approximate surface area is 129 Å². The second-order valence-electron chi connectivity index (χ2n) is 6.07. The molecular formula is C16H20ClN3O. The van der Waals surface area contributed by atoms with Crippen molar-refractivity contribution < 1.29 is 4.74 Å². The summed E-state index contributed by atoms with van der Waals surface area (Å²) in [6.45, 7) is 3.61. The van der Waals surface area contributed by atoms with Crippen LogP contribution >= 0.6 is 11.6 Å². The summed E-state index contributed by atoms with van der Waals surface area (Å²) in [7, 11) is 1.70. The minimum atomic E-state index is 0.445. The van der Waals surface area contributed by atoms with E-state index < -0.39 is 0 Å². The van der Waals surface area contributed by atoms with E-state index >= 15 is 0 Å². The first-order valence-electron chi connectivity index (χ1n) is 7.64. The lowest BCUT2D eigenvalue weighted by Gasteiger charge is -2.45. The third kappa shape index (κ3) is 2.04. The summed E-state index contributed by atoms with van der Waals surface area (Å²) in [6.07, 6.45) is 2.58. The number of alkyl halides is 1. The highest BCUT2D eigenvalue weighted by molar-refractivity contribution is 6.16. The molecule has 0 aliphatic carbocycles. The van der Waals surface area contributed by atoms with Crippen molar-refractivity contribution >= 4 is 22.6 Å².